The molecule has 1 aliphatic rings. The van der Waals surface area contributed by atoms with Crippen molar-refractivity contribution in [1.29, 1.82) is 0 Å². The largest absolute Gasteiger partial charge is 0.366 e. The number of benzene rings is 1. The lowest BCUT2D eigenvalue weighted by Gasteiger charge is -2.31. The van der Waals surface area contributed by atoms with Crippen LogP contribution in [0.2, 0.25) is 0 Å². The van der Waals surface area contributed by atoms with Gasteiger partial charge in [0.05, 0.1) is 30.4 Å². The van der Waals surface area contributed by atoms with E-state index < -0.39 is 13.3 Å². The summed E-state index contributed by atoms with van der Waals surface area (Å²) in [5.74, 6) is -0.0984. The molecular formula is C18H25N2O4PS. The molecule has 8 heteroatoms. The molecule has 1 N–H and O–H groups in total. The van der Waals surface area contributed by atoms with Gasteiger partial charge >= 0.3 is 7.60 Å². The highest BCUT2D eigenvalue weighted by atomic mass is 32.2. The van der Waals surface area contributed by atoms with Crippen LogP contribution in [-0.4, -0.2) is 34.0 Å². The fourth-order valence-electron chi connectivity index (χ4n) is 3.15. The Labute approximate surface area is 158 Å². The van der Waals surface area contributed by atoms with E-state index in [1.54, 1.807) is 19.9 Å². The van der Waals surface area contributed by atoms with Crippen molar-refractivity contribution >= 4 is 30.4 Å². The van der Waals surface area contributed by atoms with Crippen molar-refractivity contribution < 1.29 is 18.7 Å². The minimum Gasteiger partial charge on any atom is -0.366 e. The van der Waals surface area contributed by atoms with E-state index in [-0.39, 0.29) is 12.1 Å². The minimum atomic E-state index is -3.21. The molecule has 0 fully saturated rings. The summed E-state index contributed by atoms with van der Waals surface area (Å²) in [4.78, 5) is 5.34. The van der Waals surface area contributed by atoms with Crippen LogP contribution in [0.3, 0.4) is 0 Å². The summed E-state index contributed by atoms with van der Waals surface area (Å²) >= 11 is 1.40. The van der Waals surface area contributed by atoms with Crippen LogP contribution < -0.4 is 0 Å². The van der Waals surface area contributed by atoms with Gasteiger partial charge in [-0.25, -0.2) is 4.98 Å². The fraction of sp³-hybridized carbons (Fsp3) is 0.500. The van der Waals surface area contributed by atoms with Gasteiger partial charge in [-0.3, -0.25) is 9.13 Å². The molecule has 0 aliphatic carbocycles. The zero-order valence-corrected chi connectivity index (χ0v) is 17.2. The Kier molecular flexibility index (Phi) is 5.66. The Morgan fingerprint density at radius 2 is 1.96 bits per heavy atom. The number of nitrogens with zero attached hydrogens (tertiary/aromatic N) is 2. The number of para-hydroxylation sites is 2. The topological polar surface area (TPSA) is 73.6 Å². The van der Waals surface area contributed by atoms with Gasteiger partial charge in [-0.2, -0.15) is 0 Å². The molecule has 142 valence electrons. The van der Waals surface area contributed by atoms with Crippen molar-refractivity contribution in [1.82, 2.24) is 9.55 Å². The van der Waals surface area contributed by atoms with Gasteiger partial charge in [-0.05, 0) is 26.0 Å². The first-order chi connectivity index (χ1) is 12.4. The van der Waals surface area contributed by atoms with E-state index in [2.05, 4.69) is 4.98 Å². The van der Waals surface area contributed by atoms with Crippen LogP contribution in [0.5, 0.6) is 0 Å². The third kappa shape index (κ3) is 3.27. The average molecular weight is 396 g/mol. The van der Waals surface area contributed by atoms with Gasteiger partial charge in [0, 0.05) is 10.8 Å². The lowest BCUT2D eigenvalue weighted by Crippen LogP contribution is -2.37. The zero-order valence-electron chi connectivity index (χ0n) is 15.5. The van der Waals surface area contributed by atoms with Gasteiger partial charge in [0.2, 0.25) is 0 Å². The van der Waals surface area contributed by atoms with Crippen molar-refractivity contribution in [2.75, 3.05) is 19.4 Å². The number of hydrogen-bond donors (Lipinski definition) is 1. The first kappa shape index (κ1) is 19.6. The van der Waals surface area contributed by atoms with Gasteiger partial charge in [-0.15, -0.1) is 0 Å². The molecule has 0 spiro atoms. The molecule has 1 aliphatic heterocycles. The number of thioether (sulfide) groups is 1. The highest BCUT2D eigenvalue weighted by Gasteiger charge is 2.46. The molecule has 0 saturated heterocycles. The Bertz CT molecular complexity index is 869. The Morgan fingerprint density at radius 1 is 1.31 bits per heavy atom. The molecule has 2 aromatic rings. The van der Waals surface area contributed by atoms with Crippen LogP contribution in [-0.2, 0) is 19.3 Å². The molecule has 2 heterocycles. The van der Waals surface area contributed by atoms with Crippen LogP contribution in [0.1, 0.15) is 27.7 Å². The molecule has 0 saturated carbocycles. The predicted octanol–water partition coefficient (Wildman–Crippen LogP) is 4.59. The monoisotopic (exact) mass is 396 g/mol. The lowest BCUT2D eigenvalue weighted by molar-refractivity contribution is -0.0342. The van der Waals surface area contributed by atoms with Crippen molar-refractivity contribution in [3.8, 4) is 0 Å². The van der Waals surface area contributed by atoms with Crippen molar-refractivity contribution in [3.05, 3.63) is 35.2 Å². The second kappa shape index (κ2) is 7.49. The minimum absolute atomic E-state index is 0.0984. The Hall–Kier alpha value is -1.11. The van der Waals surface area contributed by atoms with Crippen LogP contribution in [0, 0.1) is 5.92 Å². The number of allylic oxidation sites excluding steroid dienone is 1. The van der Waals surface area contributed by atoms with Gasteiger partial charge in [0.25, 0.3) is 0 Å². The normalized spacial score (nSPS) is 21.8. The molecule has 1 atom stereocenters. The first-order valence-electron chi connectivity index (χ1n) is 8.82. The lowest BCUT2D eigenvalue weighted by atomic mass is 9.98. The summed E-state index contributed by atoms with van der Waals surface area (Å²) in [5, 5.41) is 12.3. The summed E-state index contributed by atoms with van der Waals surface area (Å²) in [6.07, 6.45) is 1.90. The number of imidazole rings is 1. The maximum Gasteiger partial charge on any atom is 0.334 e. The van der Waals surface area contributed by atoms with E-state index in [9.17, 15) is 9.67 Å². The van der Waals surface area contributed by atoms with Crippen molar-refractivity contribution in [3.63, 3.8) is 0 Å². The van der Waals surface area contributed by atoms with Crippen LogP contribution in [0.15, 0.2) is 40.4 Å². The van der Waals surface area contributed by atoms with Crippen LogP contribution in [0.4, 0.5) is 0 Å². The fourth-order valence-corrected chi connectivity index (χ4v) is 6.07. The second-order valence-corrected chi connectivity index (χ2v) is 9.51. The molecule has 0 amide bonds. The summed E-state index contributed by atoms with van der Waals surface area (Å²) in [5.41, 5.74) is 0.495. The number of hydrogen-bond acceptors (Lipinski definition) is 6. The zero-order chi connectivity index (χ0) is 18.9. The van der Waals surface area contributed by atoms with Crippen molar-refractivity contribution in [2.24, 2.45) is 5.92 Å². The maximum absolute atomic E-state index is 12.8. The van der Waals surface area contributed by atoms with E-state index in [1.165, 1.54) is 11.8 Å². The van der Waals surface area contributed by atoms with Crippen LogP contribution in [0.25, 0.3) is 11.0 Å². The average Bonchev–Trinajstić information content (AvgIpc) is 3.09. The molecule has 3 rings (SSSR count). The van der Waals surface area contributed by atoms with Gasteiger partial charge in [0.15, 0.2) is 10.9 Å². The molecule has 1 aromatic carbocycles. The summed E-state index contributed by atoms with van der Waals surface area (Å²) in [6, 6.07) is 7.75. The molecule has 0 bridgehead atoms. The van der Waals surface area contributed by atoms with Crippen LogP contribution >= 0.6 is 19.4 Å². The molecule has 0 unspecified atom stereocenters. The van der Waals surface area contributed by atoms with Gasteiger partial charge in [0.1, 0.15) is 0 Å². The SMILES string of the molecule is CCOP(=O)(C/C=C1\Sc2nc3ccccc3n2[C@@]1(O)C(C)C)OCC. The third-order valence-corrected chi connectivity index (χ3v) is 7.47. The molecule has 6 nitrogen and oxygen atoms in total. The number of aromatic nitrogens is 2. The highest BCUT2D eigenvalue weighted by Crippen LogP contribution is 2.54. The summed E-state index contributed by atoms with van der Waals surface area (Å²) in [6.45, 7) is 8.12. The van der Waals surface area contributed by atoms with Gasteiger partial charge in [-0.1, -0.05) is 43.8 Å². The number of aliphatic hydroxyl groups is 1. The van der Waals surface area contributed by atoms with E-state index in [4.69, 9.17) is 9.05 Å². The molecule has 1 aromatic heterocycles. The Balaban J connectivity index is 2.02. The quantitative estimate of drug-likeness (QED) is 0.690. The smallest absolute Gasteiger partial charge is 0.334 e. The standard InChI is InChI=1S/C18H25N2O4PS/c1-5-23-25(22,24-6-2)12-11-16-18(21,13(3)4)20-15-10-8-7-9-14(15)19-17(20)26-16/h7-11,13,21H,5-6,12H2,1-4H3/b16-11-/t18-/m1/s1. The van der Waals surface area contributed by atoms with E-state index in [0.29, 0.717) is 18.1 Å². The highest BCUT2D eigenvalue weighted by molar-refractivity contribution is 8.03. The summed E-state index contributed by atoms with van der Waals surface area (Å²) < 4.78 is 25.4. The number of fused-ring (bicyclic) bond motifs is 3. The van der Waals surface area contributed by atoms with E-state index in [1.807, 2.05) is 42.7 Å². The van der Waals surface area contributed by atoms with E-state index >= 15 is 0 Å². The molecular weight excluding hydrogens is 371 g/mol. The first-order valence-corrected chi connectivity index (χ1v) is 11.4. The van der Waals surface area contributed by atoms with E-state index in [0.717, 1.165) is 16.2 Å². The van der Waals surface area contributed by atoms with Crippen molar-refractivity contribution in [2.45, 2.75) is 38.6 Å². The number of rotatable bonds is 7. The Morgan fingerprint density at radius 3 is 2.58 bits per heavy atom. The molecule has 26 heavy (non-hydrogen) atoms. The predicted molar refractivity (Wildman–Crippen MR) is 104 cm³/mol. The van der Waals surface area contributed by atoms with Gasteiger partial charge < -0.3 is 14.2 Å². The maximum atomic E-state index is 12.8. The molecule has 0 radical (unpaired) electrons. The summed E-state index contributed by atoms with van der Waals surface area (Å²) in [7, 11) is -3.21. The second-order valence-electron chi connectivity index (χ2n) is 6.40. The third-order valence-electron chi connectivity index (χ3n) is 4.39.